The van der Waals surface area contributed by atoms with Crippen molar-refractivity contribution in [2.45, 2.75) is 0 Å². The quantitative estimate of drug-likeness (QED) is 0.886. The van der Waals surface area contributed by atoms with E-state index in [1.165, 1.54) is 7.11 Å². The van der Waals surface area contributed by atoms with Crippen molar-refractivity contribution < 1.29 is 19.0 Å². The van der Waals surface area contributed by atoms with Gasteiger partial charge in [0.15, 0.2) is 0 Å². The Labute approximate surface area is 162 Å². The van der Waals surface area contributed by atoms with Crippen molar-refractivity contribution in [1.82, 2.24) is 4.90 Å². The van der Waals surface area contributed by atoms with E-state index >= 15 is 0 Å². The molecular weight excluding hydrogens is 358 g/mol. The van der Waals surface area contributed by atoms with Gasteiger partial charge in [-0.3, -0.25) is 10.2 Å². The van der Waals surface area contributed by atoms with E-state index in [9.17, 15) is 4.79 Å². The van der Waals surface area contributed by atoms with Crippen LogP contribution in [0.1, 0.15) is 21.5 Å². The number of rotatable bonds is 4. The van der Waals surface area contributed by atoms with E-state index in [0.717, 1.165) is 16.9 Å². The summed E-state index contributed by atoms with van der Waals surface area (Å²) < 4.78 is 16.3. The van der Waals surface area contributed by atoms with Gasteiger partial charge in [0.05, 0.1) is 32.6 Å². The van der Waals surface area contributed by atoms with Gasteiger partial charge in [0.1, 0.15) is 23.0 Å². The first-order valence-corrected chi connectivity index (χ1v) is 8.61. The molecule has 0 atom stereocenters. The minimum atomic E-state index is -0.285. The van der Waals surface area contributed by atoms with Crippen LogP contribution in [0, 0.1) is 5.41 Å². The fourth-order valence-electron chi connectivity index (χ4n) is 3.60. The standard InChI is InChI=1S/C21H19N3O4/c1-24-19-15(11-5-7-12(26-2)8-6-11)16-13(27-3)9-10-14(28-4)17(16)20(25)18(19)23-21(24)22/h5-10,22H,1-4H3. The van der Waals surface area contributed by atoms with Crippen molar-refractivity contribution in [3.63, 3.8) is 0 Å². The minimum absolute atomic E-state index is 0.00935. The number of nitrogens with one attached hydrogen (secondary N) is 1. The summed E-state index contributed by atoms with van der Waals surface area (Å²) >= 11 is 0. The van der Waals surface area contributed by atoms with Gasteiger partial charge >= 0.3 is 0 Å². The van der Waals surface area contributed by atoms with E-state index in [0.29, 0.717) is 28.3 Å². The Balaban J connectivity index is 2.11. The number of aliphatic imine (C=N–C) groups is 1. The Morgan fingerprint density at radius 1 is 0.893 bits per heavy atom. The van der Waals surface area contributed by atoms with E-state index in [1.807, 2.05) is 24.3 Å². The van der Waals surface area contributed by atoms with E-state index in [4.69, 9.17) is 19.6 Å². The first-order chi connectivity index (χ1) is 13.5. The minimum Gasteiger partial charge on any atom is -0.497 e. The molecule has 0 fully saturated rings. The summed E-state index contributed by atoms with van der Waals surface area (Å²) in [7, 11) is 6.41. The van der Waals surface area contributed by atoms with Crippen LogP contribution >= 0.6 is 0 Å². The van der Waals surface area contributed by atoms with Crippen molar-refractivity contribution in [2.24, 2.45) is 4.99 Å². The molecule has 0 spiro atoms. The third-order valence-electron chi connectivity index (χ3n) is 4.97. The van der Waals surface area contributed by atoms with Crippen LogP contribution in [0.3, 0.4) is 0 Å². The fourth-order valence-corrected chi connectivity index (χ4v) is 3.60. The number of hydrogen-bond donors (Lipinski definition) is 1. The van der Waals surface area contributed by atoms with Crippen LogP contribution in [0.5, 0.6) is 17.2 Å². The van der Waals surface area contributed by atoms with E-state index < -0.39 is 0 Å². The maximum absolute atomic E-state index is 13.3. The second kappa shape index (κ2) is 6.53. The Kier molecular flexibility index (Phi) is 4.15. The lowest BCUT2D eigenvalue weighted by molar-refractivity contribution is 0.106. The van der Waals surface area contributed by atoms with Gasteiger partial charge in [-0.2, -0.15) is 0 Å². The monoisotopic (exact) mass is 377 g/mol. The van der Waals surface area contributed by atoms with Gasteiger partial charge in [-0.1, -0.05) is 12.1 Å². The van der Waals surface area contributed by atoms with Crippen LogP contribution in [-0.2, 0) is 0 Å². The number of carbonyl (C=O) groups is 1. The Hall–Kier alpha value is -3.61. The van der Waals surface area contributed by atoms with Gasteiger partial charge in [0.25, 0.3) is 0 Å². The molecule has 7 heteroatoms. The van der Waals surface area contributed by atoms with Gasteiger partial charge in [-0.05, 0) is 29.8 Å². The second-order valence-electron chi connectivity index (χ2n) is 6.34. The van der Waals surface area contributed by atoms with Gasteiger partial charge in [0.2, 0.25) is 11.7 Å². The number of guanidine groups is 1. The highest BCUT2D eigenvalue weighted by Gasteiger charge is 2.41. The highest BCUT2D eigenvalue weighted by Crippen LogP contribution is 2.45. The third-order valence-corrected chi connectivity index (χ3v) is 4.97. The van der Waals surface area contributed by atoms with Crippen LogP contribution < -0.4 is 14.2 Å². The lowest BCUT2D eigenvalue weighted by Gasteiger charge is -2.27. The number of methoxy groups -OCH3 is 3. The fraction of sp³-hybridized carbons (Fsp3) is 0.190. The van der Waals surface area contributed by atoms with Gasteiger partial charge in [-0.25, -0.2) is 4.99 Å². The largest absolute Gasteiger partial charge is 0.497 e. The lowest BCUT2D eigenvalue weighted by atomic mass is 9.82. The number of fused-ring (bicyclic) bond motifs is 2. The molecule has 0 saturated heterocycles. The molecular formula is C21H19N3O4. The summed E-state index contributed by atoms with van der Waals surface area (Å²) in [5, 5.41) is 8.13. The SMILES string of the molecule is COc1ccc(C2=C3C(=NC(=N)N3C)C(=O)c3c(OC)ccc(OC)c32)cc1. The number of Topliss-reactive ketones (excluding diaryl/α,β-unsaturated/α-hetero) is 1. The zero-order valence-electron chi connectivity index (χ0n) is 16.0. The van der Waals surface area contributed by atoms with Gasteiger partial charge in [-0.15, -0.1) is 0 Å². The topological polar surface area (TPSA) is 84.2 Å². The average molecular weight is 377 g/mol. The molecule has 142 valence electrons. The number of nitrogens with zero attached hydrogens (tertiary/aromatic N) is 2. The Morgan fingerprint density at radius 2 is 1.50 bits per heavy atom. The van der Waals surface area contributed by atoms with E-state index in [2.05, 4.69) is 4.99 Å². The van der Waals surface area contributed by atoms with Crippen LogP contribution in [0.15, 0.2) is 47.1 Å². The molecule has 0 amide bonds. The number of hydrogen-bond acceptors (Lipinski definition) is 5. The molecule has 1 N–H and O–H groups in total. The molecule has 0 saturated carbocycles. The predicted octanol–water partition coefficient (Wildman–Crippen LogP) is 2.99. The van der Waals surface area contributed by atoms with Gasteiger partial charge in [0, 0.05) is 18.2 Å². The van der Waals surface area contributed by atoms with Crippen LogP contribution in [0.2, 0.25) is 0 Å². The van der Waals surface area contributed by atoms with Crippen molar-refractivity contribution in [2.75, 3.05) is 28.4 Å². The maximum atomic E-state index is 13.3. The van der Waals surface area contributed by atoms with Crippen molar-refractivity contribution in [1.29, 1.82) is 5.41 Å². The van der Waals surface area contributed by atoms with Crippen molar-refractivity contribution in [3.8, 4) is 17.2 Å². The number of benzene rings is 2. The highest BCUT2D eigenvalue weighted by molar-refractivity contribution is 6.58. The molecule has 1 heterocycles. The molecule has 2 aliphatic rings. The average Bonchev–Trinajstić information content (AvgIpc) is 3.03. The first kappa shape index (κ1) is 17.8. The number of ketones is 1. The van der Waals surface area contributed by atoms with Crippen LogP contribution in [0.4, 0.5) is 0 Å². The lowest BCUT2D eigenvalue weighted by Crippen LogP contribution is -2.29. The molecule has 2 aromatic carbocycles. The molecule has 0 bridgehead atoms. The number of allylic oxidation sites excluding steroid dienone is 1. The molecule has 7 nitrogen and oxygen atoms in total. The molecule has 28 heavy (non-hydrogen) atoms. The van der Waals surface area contributed by atoms with Gasteiger partial charge < -0.3 is 19.1 Å². The second-order valence-corrected chi connectivity index (χ2v) is 6.34. The predicted molar refractivity (Wildman–Crippen MR) is 106 cm³/mol. The van der Waals surface area contributed by atoms with E-state index in [-0.39, 0.29) is 17.5 Å². The summed E-state index contributed by atoms with van der Waals surface area (Å²) in [5.74, 6) is 1.44. The Bertz CT molecular complexity index is 1070. The zero-order chi connectivity index (χ0) is 20.0. The van der Waals surface area contributed by atoms with Crippen LogP contribution in [-0.4, -0.2) is 50.7 Å². The van der Waals surface area contributed by atoms with Crippen LogP contribution in [0.25, 0.3) is 5.57 Å². The maximum Gasteiger partial charge on any atom is 0.222 e. The normalized spacial score (nSPS) is 15.3. The highest BCUT2D eigenvalue weighted by atomic mass is 16.5. The molecule has 0 unspecified atom stereocenters. The summed E-state index contributed by atoms with van der Waals surface area (Å²) in [6, 6.07) is 11.0. The van der Waals surface area contributed by atoms with Crippen molar-refractivity contribution >= 4 is 23.0 Å². The third kappa shape index (κ3) is 2.40. The zero-order valence-corrected chi connectivity index (χ0v) is 16.0. The summed E-state index contributed by atoms with van der Waals surface area (Å²) in [6.07, 6.45) is 0. The smallest absolute Gasteiger partial charge is 0.222 e. The van der Waals surface area contributed by atoms with E-state index in [1.54, 1.807) is 38.3 Å². The Morgan fingerprint density at radius 3 is 2.07 bits per heavy atom. The number of ether oxygens (including phenoxy) is 3. The molecule has 0 radical (unpaired) electrons. The summed E-state index contributed by atoms with van der Waals surface area (Å²) in [6.45, 7) is 0. The molecule has 2 aromatic rings. The molecule has 1 aliphatic carbocycles. The molecule has 1 aliphatic heterocycles. The number of carbonyl (C=O) groups excluding carboxylic acids is 1. The first-order valence-electron chi connectivity index (χ1n) is 8.61. The molecule has 4 rings (SSSR count). The van der Waals surface area contributed by atoms with Crippen molar-refractivity contribution in [3.05, 3.63) is 58.8 Å². The summed E-state index contributed by atoms with van der Waals surface area (Å²) in [5.41, 5.74) is 3.45. The summed E-state index contributed by atoms with van der Waals surface area (Å²) in [4.78, 5) is 19.1. The molecule has 0 aromatic heterocycles.